The van der Waals surface area contributed by atoms with E-state index in [0.717, 1.165) is 5.69 Å². The fourth-order valence-electron chi connectivity index (χ4n) is 1.68. The maximum Gasteiger partial charge on any atom is 0.0469 e. The van der Waals surface area contributed by atoms with Crippen LogP contribution in [0.3, 0.4) is 0 Å². The van der Waals surface area contributed by atoms with Crippen molar-refractivity contribution in [2.45, 2.75) is 19.8 Å². The molecule has 1 nitrogen and oxygen atoms in total. The molecule has 1 aromatic heterocycles. The Balaban J connectivity index is 2.08. The van der Waals surface area contributed by atoms with Gasteiger partial charge in [-0.25, -0.2) is 0 Å². The number of pyridine rings is 1. The molecule has 0 N–H and O–H groups in total. The zero-order valence-corrected chi connectivity index (χ0v) is 10.3. The molecule has 1 aromatic carbocycles. The van der Waals surface area contributed by atoms with Crippen molar-refractivity contribution >= 4 is 6.08 Å². The van der Waals surface area contributed by atoms with Gasteiger partial charge >= 0.3 is 0 Å². The predicted octanol–water partition coefficient (Wildman–Crippen LogP) is 4.21. The van der Waals surface area contributed by atoms with E-state index < -0.39 is 0 Å². The van der Waals surface area contributed by atoms with E-state index in [4.69, 9.17) is 0 Å². The maximum atomic E-state index is 4.35. The van der Waals surface area contributed by atoms with Gasteiger partial charge in [0.25, 0.3) is 0 Å². The van der Waals surface area contributed by atoms with E-state index in [9.17, 15) is 0 Å². The summed E-state index contributed by atoms with van der Waals surface area (Å²) < 4.78 is 0. The molecule has 2 rings (SSSR count). The molecule has 0 saturated carbocycles. The van der Waals surface area contributed by atoms with E-state index in [1.807, 2.05) is 18.3 Å². The third-order valence-corrected chi connectivity index (χ3v) is 2.81. The van der Waals surface area contributed by atoms with Crippen LogP contribution in [0.15, 0.2) is 54.7 Å². The molecule has 0 saturated heterocycles. The van der Waals surface area contributed by atoms with Crippen molar-refractivity contribution in [3.05, 3.63) is 71.6 Å². The van der Waals surface area contributed by atoms with E-state index in [1.54, 1.807) is 0 Å². The predicted molar refractivity (Wildman–Crippen MR) is 72.9 cm³/mol. The first-order valence-corrected chi connectivity index (χ1v) is 5.91. The first kappa shape index (κ1) is 11.6. The second-order valence-electron chi connectivity index (χ2n) is 4.31. The van der Waals surface area contributed by atoms with Gasteiger partial charge in [0, 0.05) is 17.8 Å². The van der Waals surface area contributed by atoms with Gasteiger partial charge in [-0.05, 0) is 24.6 Å². The SMILES string of the molecule is Cc1ccc(/C=C/[C@@H](C)c2ccccn2)cc1. The van der Waals surface area contributed by atoms with Crippen molar-refractivity contribution in [3.63, 3.8) is 0 Å². The zero-order chi connectivity index (χ0) is 12.1. The van der Waals surface area contributed by atoms with Gasteiger partial charge < -0.3 is 0 Å². The molecule has 0 fully saturated rings. The van der Waals surface area contributed by atoms with Crippen molar-refractivity contribution in [2.75, 3.05) is 0 Å². The Kier molecular flexibility index (Phi) is 3.71. The van der Waals surface area contributed by atoms with Gasteiger partial charge in [0.1, 0.15) is 0 Å². The van der Waals surface area contributed by atoms with Crippen molar-refractivity contribution in [3.8, 4) is 0 Å². The van der Waals surface area contributed by atoms with Crippen LogP contribution in [0.4, 0.5) is 0 Å². The third kappa shape index (κ3) is 3.28. The largest absolute Gasteiger partial charge is 0.261 e. The highest BCUT2D eigenvalue weighted by molar-refractivity contribution is 5.50. The average molecular weight is 223 g/mol. The molecule has 1 heteroatoms. The molecule has 1 atom stereocenters. The molecular weight excluding hydrogens is 206 g/mol. The van der Waals surface area contributed by atoms with Crippen molar-refractivity contribution < 1.29 is 0 Å². The summed E-state index contributed by atoms with van der Waals surface area (Å²) in [5, 5.41) is 0. The fraction of sp³-hybridized carbons (Fsp3) is 0.188. The Morgan fingerprint density at radius 3 is 2.47 bits per heavy atom. The lowest BCUT2D eigenvalue weighted by Crippen LogP contribution is -1.91. The number of nitrogens with zero attached hydrogens (tertiary/aromatic N) is 1. The summed E-state index contributed by atoms with van der Waals surface area (Å²) >= 11 is 0. The van der Waals surface area contributed by atoms with Gasteiger partial charge in [-0.15, -0.1) is 0 Å². The second kappa shape index (κ2) is 5.44. The first-order chi connectivity index (χ1) is 8.25. The van der Waals surface area contributed by atoms with E-state index in [1.165, 1.54) is 11.1 Å². The highest BCUT2D eigenvalue weighted by Gasteiger charge is 2.00. The van der Waals surface area contributed by atoms with Crippen LogP contribution in [0, 0.1) is 6.92 Å². The van der Waals surface area contributed by atoms with Crippen LogP contribution in [0.1, 0.15) is 29.7 Å². The normalized spacial score (nSPS) is 12.8. The van der Waals surface area contributed by atoms with Crippen LogP contribution in [-0.2, 0) is 0 Å². The number of aromatic nitrogens is 1. The zero-order valence-electron chi connectivity index (χ0n) is 10.3. The molecule has 17 heavy (non-hydrogen) atoms. The van der Waals surface area contributed by atoms with E-state index in [-0.39, 0.29) is 0 Å². The lowest BCUT2D eigenvalue weighted by atomic mass is 10.0. The molecule has 0 amide bonds. The van der Waals surface area contributed by atoms with Crippen LogP contribution in [-0.4, -0.2) is 4.98 Å². The van der Waals surface area contributed by atoms with Gasteiger partial charge in [0.15, 0.2) is 0 Å². The van der Waals surface area contributed by atoms with Crippen LogP contribution in [0.5, 0.6) is 0 Å². The Labute approximate surface area is 103 Å². The molecular formula is C16H17N. The highest BCUT2D eigenvalue weighted by atomic mass is 14.7. The number of benzene rings is 1. The summed E-state index contributed by atoms with van der Waals surface area (Å²) in [4.78, 5) is 4.35. The second-order valence-corrected chi connectivity index (χ2v) is 4.31. The molecule has 86 valence electrons. The first-order valence-electron chi connectivity index (χ1n) is 5.91. The third-order valence-electron chi connectivity index (χ3n) is 2.81. The van der Waals surface area contributed by atoms with Crippen molar-refractivity contribution in [2.24, 2.45) is 0 Å². The van der Waals surface area contributed by atoms with Crippen LogP contribution in [0.2, 0.25) is 0 Å². The number of allylic oxidation sites excluding steroid dienone is 1. The van der Waals surface area contributed by atoms with E-state index in [2.05, 4.69) is 61.3 Å². The average Bonchev–Trinajstić information content (AvgIpc) is 2.39. The summed E-state index contributed by atoms with van der Waals surface area (Å²) in [6, 6.07) is 14.6. The fourth-order valence-corrected chi connectivity index (χ4v) is 1.68. The lowest BCUT2D eigenvalue weighted by molar-refractivity contribution is 0.911. The molecule has 0 aliphatic rings. The van der Waals surface area contributed by atoms with E-state index in [0.29, 0.717) is 5.92 Å². The minimum absolute atomic E-state index is 0.345. The van der Waals surface area contributed by atoms with Gasteiger partial charge in [0.05, 0.1) is 0 Å². The molecule has 0 radical (unpaired) electrons. The van der Waals surface area contributed by atoms with Crippen LogP contribution < -0.4 is 0 Å². The molecule has 2 aromatic rings. The summed E-state index contributed by atoms with van der Waals surface area (Å²) in [6.07, 6.45) is 6.18. The van der Waals surface area contributed by atoms with Gasteiger partial charge in [-0.2, -0.15) is 0 Å². The smallest absolute Gasteiger partial charge is 0.0469 e. The maximum absolute atomic E-state index is 4.35. The molecule has 0 aliphatic heterocycles. The summed E-state index contributed by atoms with van der Waals surface area (Å²) in [6.45, 7) is 4.26. The van der Waals surface area contributed by atoms with Gasteiger partial charge in [-0.1, -0.05) is 55.0 Å². The van der Waals surface area contributed by atoms with Crippen LogP contribution in [0.25, 0.3) is 6.08 Å². The van der Waals surface area contributed by atoms with Crippen LogP contribution >= 0.6 is 0 Å². The monoisotopic (exact) mass is 223 g/mol. The number of rotatable bonds is 3. The molecule has 0 aliphatic carbocycles. The number of aryl methyl sites for hydroxylation is 1. The number of hydrogen-bond donors (Lipinski definition) is 0. The Morgan fingerprint density at radius 2 is 1.82 bits per heavy atom. The molecule has 0 bridgehead atoms. The lowest BCUT2D eigenvalue weighted by Gasteiger charge is -2.04. The standard InChI is InChI=1S/C16H17N/c1-13-6-9-15(10-7-13)11-8-14(2)16-5-3-4-12-17-16/h3-12,14H,1-2H3/b11-8+/t14-/m1/s1. The molecule has 1 heterocycles. The summed E-state index contributed by atoms with van der Waals surface area (Å²) in [5.74, 6) is 0.345. The number of hydrogen-bond acceptors (Lipinski definition) is 1. The van der Waals surface area contributed by atoms with Gasteiger partial charge in [-0.3, -0.25) is 4.98 Å². The summed E-state index contributed by atoms with van der Waals surface area (Å²) in [7, 11) is 0. The summed E-state index contributed by atoms with van der Waals surface area (Å²) in [5.41, 5.74) is 3.63. The van der Waals surface area contributed by atoms with E-state index >= 15 is 0 Å². The van der Waals surface area contributed by atoms with Crippen molar-refractivity contribution in [1.82, 2.24) is 4.98 Å². The minimum Gasteiger partial charge on any atom is -0.261 e. The molecule has 0 unspecified atom stereocenters. The Hall–Kier alpha value is -1.89. The van der Waals surface area contributed by atoms with Gasteiger partial charge in [0.2, 0.25) is 0 Å². The minimum atomic E-state index is 0.345. The topological polar surface area (TPSA) is 12.9 Å². The quantitative estimate of drug-likeness (QED) is 0.759. The molecule has 0 spiro atoms. The van der Waals surface area contributed by atoms with Crippen molar-refractivity contribution in [1.29, 1.82) is 0 Å². The highest BCUT2D eigenvalue weighted by Crippen LogP contribution is 2.15. The Morgan fingerprint density at radius 1 is 1.06 bits per heavy atom. The Bertz CT molecular complexity index is 483.